The molecule has 0 aliphatic heterocycles. The van der Waals surface area contributed by atoms with E-state index in [1.165, 1.54) is 0 Å². The van der Waals surface area contributed by atoms with Crippen molar-refractivity contribution in [1.29, 1.82) is 0 Å². The van der Waals surface area contributed by atoms with Gasteiger partial charge in [0.05, 0.1) is 11.5 Å². The lowest BCUT2D eigenvalue weighted by atomic mass is 10.1. The Hall–Kier alpha value is -2.48. The van der Waals surface area contributed by atoms with Crippen molar-refractivity contribution in [2.45, 2.75) is 58.6 Å². The standard InChI is InChI=1S/C21H31N3O4S/c1-15(29)22-13-9-8-12-17(24-20(27)28-21(2,3)4)19(26)23-14-18(25)16-10-6-5-7-11-16/h5-7,10-11,17H,8-9,12-14H2,1-4H3,(H,22,29)(H,23,26)(H,24,27)/t17-/m0/s1. The zero-order valence-electron chi connectivity index (χ0n) is 17.5. The Labute approximate surface area is 178 Å². The summed E-state index contributed by atoms with van der Waals surface area (Å²) in [4.78, 5) is 37.6. The molecule has 0 bridgehead atoms. The number of unbranched alkanes of at least 4 members (excludes halogenated alkanes) is 1. The van der Waals surface area contributed by atoms with Crippen LogP contribution in [0, 0.1) is 0 Å². The van der Waals surface area contributed by atoms with Crippen LogP contribution in [-0.2, 0) is 9.53 Å². The molecule has 0 aliphatic rings. The summed E-state index contributed by atoms with van der Waals surface area (Å²) in [6.45, 7) is 7.61. The molecular formula is C21H31N3O4S. The Morgan fingerprint density at radius 2 is 1.72 bits per heavy atom. The summed E-state index contributed by atoms with van der Waals surface area (Å²) < 4.78 is 5.25. The van der Waals surface area contributed by atoms with Crippen LogP contribution < -0.4 is 16.0 Å². The number of hydrogen-bond donors (Lipinski definition) is 3. The zero-order valence-corrected chi connectivity index (χ0v) is 18.4. The quantitative estimate of drug-likeness (QED) is 0.305. The van der Waals surface area contributed by atoms with Crippen molar-refractivity contribution < 1.29 is 19.1 Å². The van der Waals surface area contributed by atoms with E-state index in [9.17, 15) is 14.4 Å². The highest BCUT2D eigenvalue weighted by molar-refractivity contribution is 7.80. The molecule has 7 nitrogen and oxygen atoms in total. The number of alkyl carbamates (subject to hydrolysis) is 1. The van der Waals surface area contributed by atoms with Gasteiger partial charge in [0.2, 0.25) is 5.91 Å². The lowest BCUT2D eigenvalue weighted by Gasteiger charge is -2.23. The molecule has 0 spiro atoms. The molecule has 160 valence electrons. The molecule has 0 saturated heterocycles. The summed E-state index contributed by atoms with van der Waals surface area (Å²) in [5.74, 6) is -0.616. The van der Waals surface area contributed by atoms with Gasteiger partial charge in [-0.3, -0.25) is 9.59 Å². The second-order valence-corrected chi connectivity index (χ2v) is 8.30. The summed E-state index contributed by atoms with van der Waals surface area (Å²) in [6, 6.07) is 7.93. The predicted molar refractivity (Wildman–Crippen MR) is 117 cm³/mol. The van der Waals surface area contributed by atoms with Crippen LogP contribution in [0.2, 0.25) is 0 Å². The second kappa shape index (κ2) is 12.2. The Morgan fingerprint density at radius 3 is 2.31 bits per heavy atom. The summed E-state index contributed by atoms with van der Waals surface area (Å²) in [6.07, 6.45) is 1.23. The number of thiocarbonyl (C=S) groups is 1. The van der Waals surface area contributed by atoms with Gasteiger partial charge in [-0.1, -0.05) is 42.5 Å². The smallest absolute Gasteiger partial charge is 0.408 e. The van der Waals surface area contributed by atoms with E-state index in [4.69, 9.17) is 17.0 Å². The third kappa shape index (κ3) is 11.2. The number of amides is 2. The monoisotopic (exact) mass is 421 g/mol. The average molecular weight is 422 g/mol. The number of ketones is 1. The number of nitrogens with one attached hydrogen (secondary N) is 3. The fourth-order valence-electron chi connectivity index (χ4n) is 2.47. The first-order valence-electron chi connectivity index (χ1n) is 9.68. The zero-order chi connectivity index (χ0) is 21.9. The highest BCUT2D eigenvalue weighted by Gasteiger charge is 2.24. The summed E-state index contributed by atoms with van der Waals surface area (Å²) in [5, 5.41) is 8.27. The SMILES string of the molecule is CC(=S)NCCCC[C@H](NC(=O)OC(C)(C)C)C(=O)NCC(=O)c1ccccc1. The third-order valence-corrected chi connectivity index (χ3v) is 3.96. The van der Waals surface area contributed by atoms with Gasteiger partial charge in [0, 0.05) is 12.1 Å². The summed E-state index contributed by atoms with van der Waals surface area (Å²) >= 11 is 4.96. The Kier molecular flexibility index (Phi) is 10.3. The van der Waals surface area contributed by atoms with Crippen LogP contribution >= 0.6 is 12.2 Å². The number of benzene rings is 1. The van der Waals surface area contributed by atoms with Crippen molar-refractivity contribution in [3.05, 3.63) is 35.9 Å². The summed E-state index contributed by atoms with van der Waals surface area (Å²) in [5.41, 5.74) is -0.152. The lowest BCUT2D eigenvalue weighted by molar-refractivity contribution is -0.123. The molecule has 29 heavy (non-hydrogen) atoms. The molecule has 3 N–H and O–H groups in total. The van der Waals surface area contributed by atoms with Crippen LogP contribution in [0.1, 0.15) is 57.3 Å². The number of ether oxygens (including phenoxy) is 1. The topological polar surface area (TPSA) is 96.5 Å². The van der Waals surface area contributed by atoms with Crippen molar-refractivity contribution >= 4 is 35.0 Å². The first-order chi connectivity index (χ1) is 13.6. The van der Waals surface area contributed by atoms with Crippen LogP contribution in [0.15, 0.2) is 30.3 Å². The van der Waals surface area contributed by atoms with Crippen LogP contribution in [-0.4, -0.2) is 47.5 Å². The number of Topliss-reactive ketones (excluding diaryl/α,β-unsaturated/α-hetero) is 1. The van der Waals surface area contributed by atoms with Crippen molar-refractivity contribution in [3.63, 3.8) is 0 Å². The van der Waals surface area contributed by atoms with Crippen molar-refractivity contribution in [2.24, 2.45) is 0 Å². The van der Waals surface area contributed by atoms with Crippen LogP contribution in [0.3, 0.4) is 0 Å². The molecule has 2 amide bonds. The molecule has 0 fully saturated rings. The van der Waals surface area contributed by atoms with Gasteiger partial charge in [0.15, 0.2) is 5.78 Å². The van der Waals surface area contributed by atoms with E-state index in [-0.39, 0.29) is 12.3 Å². The molecule has 0 unspecified atom stereocenters. The van der Waals surface area contributed by atoms with Crippen molar-refractivity contribution in [3.8, 4) is 0 Å². The minimum Gasteiger partial charge on any atom is -0.444 e. The first kappa shape index (κ1) is 24.6. The maximum atomic E-state index is 12.6. The van der Waals surface area contributed by atoms with Gasteiger partial charge in [0.25, 0.3) is 0 Å². The van der Waals surface area contributed by atoms with E-state index < -0.39 is 23.6 Å². The number of carbonyl (C=O) groups is 3. The number of hydrogen-bond acceptors (Lipinski definition) is 5. The largest absolute Gasteiger partial charge is 0.444 e. The molecule has 0 radical (unpaired) electrons. The first-order valence-corrected chi connectivity index (χ1v) is 10.1. The number of carbonyl (C=O) groups excluding carboxylic acids is 3. The van der Waals surface area contributed by atoms with E-state index in [0.29, 0.717) is 29.9 Å². The highest BCUT2D eigenvalue weighted by Crippen LogP contribution is 2.08. The summed E-state index contributed by atoms with van der Waals surface area (Å²) in [7, 11) is 0. The van der Waals surface area contributed by atoms with E-state index >= 15 is 0 Å². The number of rotatable bonds is 10. The van der Waals surface area contributed by atoms with Gasteiger partial charge in [-0.2, -0.15) is 0 Å². The molecule has 1 atom stereocenters. The molecule has 0 aromatic heterocycles. The highest BCUT2D eigenvalue weighted by atomic mass is 32.1. The maximum Gasteiger partial charge on any atom is 0.408 e. The predicted octanol–water partition coefficient (Wildman–Crippen LogP) is 2.99. The maximum absolute atomic E-state index is 12.6. The Bertz CT molecular complexity index is 702. The fraction of sp³-hybridized carbons (Fsp3) is 0.524. The van der Waals surface area contributed by atoms with Gasteiger partial charge >= 0.3 is 6.09 Å². The van der Waals surface area contributed by atoms with Crippen LogP contribution in [0.4, 0.5) is 4.79 Å². The van der Waals surface area contributed by atoms with Gasteiger partial charge in [0.1, 0.15) is 11.6 Å². The molecule has 0 saturated carbocycles. The molecule has 1 aromatic carbocycles. The molecule has 1 aromatic rings. The van der Waals surface area contributed by atoms with Gasteiger partial charge in [-0.15, -0.1) is 0 Å². The Morgan fingerprint density at radius 1 is 1.07 bits per heavy atom. The van der Waals surface area contributed by atoms with Crippen molar-refractivity contribution in [1.82, 2.24) is 16.0 Å². The van der Waals surface area contributed by atoms with Crippen LogP contribution in [0.5, 0.6) is 0 Å². The third-order valence-electron chi connectivity index (χ3n) is 3.82. The average Bonchev–Trinajstić information content (AvgIpc) is 2.63. The normalized spacial score (nSPS) is 11.9. The molecule has 1 rings (SSSR count). The van der Waals surface area contributed by atoms with Gasteiger partial charge in [-0.25, -0.2) is 4.79 Å². The molecule has 0 aliphatic carbocycles. The second-order valence-electron chi connectivity index (χ2n) is 7.68. The lowest BCUT2D eigenvalue weighted by Crippen LogP contribution is -2.49. The molecule has 0 heterocycles. The van der Waals surface area contributed by atoms with Crippen molar-refractivity contribution in [2.75, 3.05) is 13.1 Å². The molecule has 8 heteroatoms. The van der Waals surface area contributed by atoms with E-state index in [2.05, 4.69) is 16.0 Å². The van der Waals surface area contributed by atoms with Gasteiger partial charge < -0.3 is 20.7 Å². The Balaban J connectivity index is 2.62. The van der Waals surface area contributed by atoms with Crippen LogP contribution in [0.25, 0.3) is 0 Å². The minimum absolute atomic E-state index is 0.138. The van der Waals surface area contributed by atoms with E-state index in [0.717, 1.165) is 6.42 Å². The molecular weight excluding hydrogens is 390 g/mol. The van der Waals surface area contributed by atoms with Gasteiger partial charge in [-0.05, 0) is 47.0 Å². The minimum atomic E-state index is -0.790. The fourth-order valence-corrected chi connectivity index (χ4v) is 2.58. The van der Waals surface area contributed by atoms with E-state index in [1.807, 2.05) is 6.07 Å². The van der Waals surface area contributed by atoms with E-state index in [1.54, 1.807) is 52.0 Å².